The van der Waals surface area contributed by atoms with Gasteiger partial charge < -0.3 is 15.4 Å². The number of nitrogens with one attached hydrogen (secondary N) is 2. The van der Waals surface area contributed by atoms with Crippen LogP contribution in [0.2, 0.25) is 0 Å². The Balaban J connectivity index is 1.81. The van der Waals surface area contributed by atoms with Crippen LogP contribution in [0.5, 0.6) is 0 Å². The molecule has 4 unspecified atom stereocenters. The molecule has 4 atom stereocenters. The maximum Gasteiger partial charge on any atom is 0.243 e. The van der Waals surface area contributed by atoms with Gasteiger partial charge in [-0.05, 0) is 24.1 Å². The van der Waals surface area contributed by atoms with Crippen LogP contribution in [0.4, 0.5) is 5.69 Å². The fourth-order valence-corrected chi connectivity index (χ4v) is 5.11. The summed E-state index contributed by atoms with van der Waals surface area (Å²) in [6.45, 7) is 2.44. The van der Waals surface area contributed by atoms with E-state index in [4.69, 9.17) is 10.5 Å². The normalized spacial score (nSPS) is 30.1. The van der Waals surface area contributed by atoms with Gasteiger partial charge in [0.25, 0.3) is 0 Å². The van der Waals surface area contributed by atoms with Crippen molar-refractivity contribution in [2.75, 3.05) is 11.4 Å². The summed E-state index contributed by atoms with van der Waals surface area (Å²) in [6.07, 6.45) is -0.550. The summed E-state index contributed by atoms with van der Waals surface area (Å²) in [5.41, 5.74) is 14.2. The largest absolute Gasteiger partial charge is 0.458 e. The number of hydrogen-bond donors (Lipinski definition) is 3. The summed E-state index contributed by atoms with van der Waals surface area (Å²) < 4.78 is 5.87. The highest BCUT2D eigenvalue weighted by Crippen LogP contribution is 2.58. The molecule has 7 heteroatoms. The number of hydrazine groups is 1. The van der Waals surface area contributed by atoms with Crippen LogP contribution < -0.4 is 21.5 Å². The first-order chi connectivity index (χ1) is 14.1. The van der Waals surface area contributed by atoms with E-state index in [2.05, 4.69) is 16.9 Å². The van der Waals surface area contributed by atoms with Gasteiger partial charge in [-0.15, -0.1) is 0 Å². The van der Waals surface area contributed by atoms with E-state index in [0.29, 0.717) is 6.54 Å². The lowest BCUT2D eigenvalue weighted by atomic mass is 9.62. The number of rotatable bonds is 2. The molecule has 1 spiro atoms. The Morgan fingerprint density at radius 1 is 1.17 bits per heavy atom. The van der Waals surface area contributed by atoms with Gasteiger partial charge in [-0.1, -0.05) is 48.5 Å². The summed E-state index contributed by atoms with van der Waals surface area (Å²) in [7, 11) is 0. The van der Waals surface area contributed by atoms with Gasteiger partial charge >= 0.3 is 0 Å². The van der Waals surface area contributed by atoms with Gasteiger partial charge in [0.1, 0.15) is 17.1 Å². The SMILES string of the molecule is CCN1C(=O)C2(C(C#N)=C(N)OC3NNC(c4ccccc4)C32)c2ccccc21. The fourth-order valence-electron chi connectivity index (χ4n) is 5.11. The first-order valence-electron chi connectivity index (χ1n) is 9.69. The number of nitriles is 1. The highest BCUT2D eigenvalue weighted by molar-refractivity contribution is 6.11. The molecule has 1 saturated heterocycles. The van der Waals surface area contributed by atoms with Crippen LogP contribution in [0.15, 0.2) is 66.1 Å². The van der Waals surface area contributed by atoms with Crippen LogP contribution in [-0.4, -0.2) is 18.7 Å². The van der Waals surface area contributed by atoms with E-state index in [9.17, 15) is 10.1 Å². The van der Waals surface area contributed by atoms with Crippen molar-refractivity contribution in [3.8, 4) is 6.07 Å². The molecule has 3 heterocycles. The van der Waals surface area contributed by atoms with Gasteiger partial charge in [0.05, 0.1) is 12.0 Å². The second-order valence-corrected chi connectivity index (χ2v) is 7.47. The second kappa shape index (κ2) is 6.34. The van der Waals surface area contributed by atoms with Crippen molar-refractivity contribution in [3.63, 3.8) is 0 Å². The number of ether oxygens (including phenoxy) is 1. The maximum absolute atomic E-state index is 14.0. The minimum atomic E-state index is -1.22. The van der Waals surface area contributed by atoms with Crippen molar-refractivity contribution in [2.45, 2.75) is 24.6 Å². The predicted molar refractivity (Wildman–Crippen MR) is 107 cm³/mol. The molecule has 1 fully saturated rings. The number of fused-ring (bicyclic) bond motifs is 4. The lowest BCUT2D eigenvalue weighted by molar-refractivity contribution is -0.127. The third-order valence-corrected chi connectivity index (χ3v) is 6.25. The summed E-state index contributed by atoms with van der Waals surface area (Å²) in [5.74, 6) is -0.527. The van der Waals surface area contributed by atoms with E-state index < -0.39 is 17.6 Å². The van der Waals surface area contributed by atoms with Crippen LogP contribution in [0.25, 0.3) is 0 Å². The molecule has 0 aliphatic carbocycles. The van der Waals surface area contributed by atoms with Gasteiger partial charge in [-0.3, -0.25) is 4.79 Å². The average molecular weight is 387 g/mol. The number of nitrogens with two attached hydrogens (primary N) is 1. The lowest BCUT2D eigenvalue weighted by Gasteiger charge is -2.42. The highest BCUT2D eigenvalue weighted by atomic mass is 16.5. The quantitative estimate of drug-likeness (QED) is 0.726. The Morgan fingerprint density at radius 2 is 1.90 bits per heavy atom. The zero-order valence-electron chi connectivity index (χ0n) is 15.9. The van der Waals surface area contributed by atoms with E-state index in [1.165, 1.54) is 0 Å². The first-order valence-corrected chi connectivity index (χ1v) is 9.69. The summed E-state index contributed by atoms with van der Waals surface area (Å²) in [6, 6.07) is 19.5. The molecule has 29 heavy (non-hydrogen) atoms. The monoisotopic (exact) mass is 387 g/mol. The highest BCUT2D eigenvalue weighted by Gasteiger charge is 2.67. The molecule has 2 aromatic rings. The van der Waals surface area contributed by atoms with Gasteiger partial charge in [0, 0.05) is 12.2 Å². The minimum absolute atomic E-state index is 0.00197. The van der Waals surface area contributed by atoms with Crippen LogP contribution in [0, 0.1) is 17.2 Å². The molecule has 1 amide bonds. The van der Waals surface area contributed by atoms with E-state index >= 15 is 0 Å². The molecular formula is C22H21N5O2. The average Bonchev–Trinajstić information content (AvgIpc) is 3.27. The number of hydrogen-bond acceptors (Lipinski definition) is 6. The molecule has 4 N–H and O–H groups in total. The zero-order valence-corrected chi connectivity index (χ0v) is 15.9. The summed E-state index contributed by atoms with van der Waals surface area (Å²) in [5, 5.41) is 10.1. The number of nitrogens with zero attached hydrogens (tertiary/aromatic N) is 2. The molecule has 0 aromatic heterocycles. The molecule has 146 valence electrons. The number of carbonyl (C=O) groups excluding carboxylic acids is 1. The van der Waals surface area contributed by atoms with E-state index in [0.717, 1.165) is 16.8 Å². The number of amides is 1. The topological polar surface area (TPSA) is 103 Å². The Morgan fingerprint density at radius 3 is 2.62 bits per heavy atom. The van der Waals surface area contributed by atoms with Crippen molar-refractivity contribution in [1.82, 2.24) is 10.9 Å². The second-order valence-electron chi connectivity index (χ2n) is 7.47. The van der Waals surface area contributed by atoms with Crippen molar-refractivity contribution < 1.29 is 9.53 Å². The van der Waals surface area contributed by atoms with Crippen LogP contribution in [0.3, 0.4) is 0 Å². The van der Waals surface area contributed by atoms with Crippen LogP contribution >= 0.6 is 0 Å². The molecule has 2 aromatic carbocycles. The van der Waals surface area contributed by atoms with E-state index in [1.54, 1.807) is 4.90 Å². The van der Waals surface area contributed by atoms with Gasteiger partial charge in [-0.25, -0.2) is 10.9 Å². The molecular weight excluding hydrogens is 366 g/mol. The molecule has 7 nitrogen and oxygen atoms in total. The molecule has 5 rings (SSSR count). The first kappa shape index (κ1) is 17.7. The molecule has 0 saturated carbocycles. The third-order valence-electron chi connectivity index (χ3n) is 6.25. The number of carbonyl (C=O) groups is 1. The van der Waals surface area contributed by atoms with Crippen LogP contribution in [0.1, 0.15) is 24.1 Å². The van der Waals surface area contributed by atoms with E-state index in [1.807, 2.05) is 61.5 Å². The molecule has 0 radical (unpaired) electrons. The van der Waals surface area contributed by atoms with Gasteiger partial charge in [0.15, 0.2) is 6.23 Å². The van der Waals surface area contributed by atoms with Crippen LogP contribution in [-0.2, 0) is 14.9 Å². The molecule has 0 bridgehead atoms. The minimum Gasteiger partial charge on any atom is -0.458 e. The summed E-state index contributed by atoms with van der Waals surface area (Å²) >= 11 is 0. The van der Waals surface area contributed by atoms with E-state index in [-0.39, 0.29) is 23.4 Å². The molecule has 3 aliphatic heterocycles. The predicted octanol–water partition coefficient (Wildman–Crippen LogP) is 1.81. The van der Waals surface area contributed by atoms with Gasteiger partial charge in [-0.2, -0.15) is 5.26 Å². The number of anilines is 1. The Bertz CT molecular complexity index is 1060. The van der Waals surface area contributed by atoms with Crippen molar-refractivity contribution >= 4 is 11.6 Å². The van der Waals surface area contributed by atoms with Crippen molar-refractivity contribution in [2.24, 2.45) is 11.7 Å². The third kappa shape index (κ3) is 2.15. The van der Waals surface area contributed by atoms with Gasteiger partial charge in [0.2, 0.25) is 11.8 Å². The number of benzene rings is 2. The summed E-state index contributed by atoms with van der Waals surface area (Å²) in [4.78, 5) is 15.7. The lowest BCUT2D eigenvalue weighted by Crippen LogP contribution is -2.56. The number of likely N-dealkylation sites (N-methyl/N-ethyl adjacent to an activating group) is 1. The Kier molecular flexibility index (Phi) is 3.88. The Labute approximate surface area is 168 Å². The number of para-hydroxylation sites is 1. The zero-order chi connectivity index (χ0) is 20.2. The van der Waals surface area contributed by atoms with Crippen molar-refractivity contribution in [1.29, 1.82) is 5.26 Å². The molecule has 3 aliphatic rings. The van der Waals surface area contributed by atoms with Crippen molar-refractivity contribution in [3.05, 3.63) is 77.2 Å². The smallest absolute Gasteiger partial charge is 0.243 e. The fraction of sp³-hybridized carbons (Fsp3) is 0.273. The Hall–Kier alpha value is -3.34. The standard InChI is InChI=1S/C22H21N5O2/c1-2-27-16-11-7-6-10-14(16)22(21(27)28)15(12-23)19(24)29-20-17(22)18(25-26-20)13-8-4-3-5-9-13/h3-11,17-18,20,25-26H,2,24H2,1H3. The maximum atomic E-state index is 14.0.